The highest BCUT2D eigenvalue weighted by Gasteiger charge is 2.22. The highest BCUT2D eigenvalue weighted by atomic mass is 32.1. The maximum absolute atomic E-state index is 13.8. The predicted octanol–water partition coefficient (Wildman–Crippen LogP) is 4.85. The highest BCUT2D eigenvalue weighted by molar-refractivity contribution is 7.20. The molecule has 142 valence electrons. The molecule has 0 fully saturated rings. The van der Waals surface area contributed by atoms with Crippen LogP contribution in [0.15, 0.2) is 18.2 Å². The summed E-state index contributed by atoms with van der Waals surface area (Å²) >= 11 is 1.34. The summed E-state index contributed by atoms with van der Waals surface area (Å²) in [5, 5.41) is 3.70. The number of rotatable bonds is 5. The molecule has 1 amide bonds. The number of nitrogens with one attached hydrogen (secondary N) is 1. The van der Waals surface area contributed by atoms with Gasteiger partial charge in [-0.15, -0.1) is 11.3 Å². The highest BCUT2D eigenvalue weighted by Crippen LogP contribution is 2.35. The number of anilines is 2. The SMILES string of the molecule is CCN(CC)c1nc(C)nc2sc(C(=O)Nc3ccc(C)c(F)c3)c(C)c12. The summed E-state index contributed by atoms with van der Waals surface area (Å²) in [6.07, 6.45) is 0. The summed E-state index contributed by atoms with van der Waals surface area (Å²) in [6.45, 7) is 11.3. The third-order valence-electron chi connectivity index (χ3n) is 4.58. The first kappa shape index (κ1) is 19.2. The van der Waals surface area contributed by atoms with Crippen molar-refractivity contribution in [2.75, 3.05) is 23.3 Å². The largest absolute Gasteiger partial charge is 0.357 e. The van der Waals surface area contributed by atoms with E-state index < -0.39 is 0 Å². The third-order valence-corrected chi connectivity index (χ3v) is 5.77. The Kier molecular flexibility index (Phi) is 5.41. The molecule has 0 aliphatic rings. The summed E-state index contributed by atoms with van der Waals surface area (Å²) in [6, 6.07) is 4.68. The van der Waals surface area contributed by atoms with Crippen LogP contribution < -0.4 is 10.2 Å². The Hall–Kier alpha value is -2.54. The molecule has 2 heterocycles. The van der Waals surface area contributed by atoms with Crippen LogP contribution in [0.3, 0.4) is 0 Å². The Morgan fingerprint density at radius 1 is 1.19 bits per heavy atom. The van der Waals surface area contributed by atoms with E-state index in [9.17, 15) is 9.18 Å². The number of amides is 1. The fourth-order valence-corrected chi connectivity index (χ4v) is 4.16. The van der Waals surface area contributed by atoms with Gasteiger partial charge in [-0.2, -0.15) is 0 Å². The van der Waals surface area contributed by atoms with Crippen LogP contribution in [0.1, 0.15) is 40.5 Å². The molecule has 0 unspecified atom stereocenters. The second-order valence-corrected chi connectivity index (χ2v) is 7.42. The number of aryl methyl sites for hydroxylation is 3. The zero-order chi connectivity index (χ0) is 19.7. The molecule has 3 aromatic rings. The van der Waals surface area contributed by atoms with E-state index in [1.165, 1.54) is 17.4 Å². The van der Waals surface area contributed by atoms with Gasteiger partial charge in [-0.3, -0.25) is 4.79 Å². The van der Waals surface area contributed by atoms with Gasteiger partial charge in [-0.05, 0) is 57.9 Å². The standard InChI is InChI=1S/C20H23FN4OS/c1-6-25(7-2)18-16-12(4)17(27-20(16)23-13(5)22-18)19(26)24-14-9-8-11(3)15(21)10-14/h8-10H,6-7H2,1-5H3,(H,24,26). The lowest BCUT2D eigenvalue weighted by atomic mass is 10.1. The Balaban J connectivity index is 2.04. The molecule has 0 saturated carbocycles. The van der Waals surface area contributed by atoms with Crippen molar-refractivity contribution < 1.29 is 9.18 Å². The first-order chi connectivity index (χ1) is 12.8. The second-order valence-electron chi connectivity index (χ2n) is 6.42. The molecule has 0 atom stereocenters. The number of thiophene rings is 1. The van der Waals surface area contributed by atoms with Crippen molar-refractivity contribution in [3.63, 3.8) is 0 Å². The molecule has 3 rings (SSSR count). The minimum absolute atomic E-state index is 0.262. The van der Waals surface area contributed by atoms with Crippen molar-refractivity contribution in [2.45, 2.75) is 34.6 Å². The lowest BCUT2D eigenvalue weighted by Gasteiger charge is -2.21. The van der Waals surface area contributed by atoms with Crippen molar-refractivity contribution in [3.05, 3.63) is 45.8 Å². The Labute approximate surface area is 162 Å². The minimum atomic E-state index is -0.342. The number of fused-ring (bicyclic) bond motifs is 1. The van der Waals surface area contributed by atoms with Gasteiger partial charge in [0.2, 0.25) is 0 Å². The lowest BCUT2D eigenvalue weighted by Crippen LogP contribution is -2.23. The van der Waals surface area contributed by atoms with E-state index in [1.54, 1.807) is 19.1 Å². The van der Waals surface area contributed by atoms with E-state index in [4.69, 9.17) is 0 Å². The second kappa shape index (κ2) is 7.60. The maximum atomic E-state index is 13.8. The first-order valence-corrected chi connectivity index (χ1v) is 9.77. The molecule has 1 aromatic carbocycles. The number of aromatic nitrogens is 2. The van der Waals surface area contributed by atoms with Gasteiger partial charge in [0, 0.05) is 18.8 Å². The van der Waals surface area contributed by atoms with Crippen LogP contribution in [0.5, 0.6) is 0 Å². The Morgan fingerprint density at radius 3 is 2.52 bits per heavy atom. The molecule has 0 bridgehead atoms. The van der Waals surface area contributed by atoms with Crippen LogP contribution in [0.2, 0.25) is 0 Å². The molecule has 5 nitrogen and oxygen atoms in total. The zero-order valence-electron chi connectivity index (χ0n) is 16.2. The molecule has 0 radical (unpaired) electrons. The third kappa shape index (κ3) is 3.64. The summed E-state index contributed by atoms with van der Waals surface area (Å²) < 4.78 is 13.8. The molecule has 27 heavy (non-hydrogen) atoms. The van der Waals surface area contributed by atoms with Gasteiger partial charge in [0.15, 0.2) is 0 Å². The fourth-order valence-electron chi connectivity index (χ4n) is 3.05. The van der Waals surface area contributed by atoms with E-state index in [0.717, 1.165) is 34.7 Å². The number of halogens is 1. The van der Waals surface area contributed by atoms with Gasteiger partial charge < -0.3 is 10.2 Å². The summed E-state index contributed by atoms with van der Waals surface area (Å²) in [7, 11) is 0. The monoisotopic (exact) mass is 386 g/mol. The quantitative estimate of drug-likeness (QED) is 0.681. The van der Waals surface area contributed by atoms with Crippen molar-refractivity contribution in [1.82, 2.24) is 9.97 Å². The molecule has 1 N–H and O–H groups in total. The first-order valence-electron chi connectivity index (χ1n) is 8.95. The van der Waals surface area contributed by atoms with Crippen LogP contribution in [0.25, 0.3) is 10.2 Å². The average molecular weight is 386 g/mol. The van der Waals surface area contributed by atoms with Crippen LogP contribution in [0.4, 0.5) is 15.9 Å². The van der Waals surface area contributed by atoms with Gasteiger partial charge >= 0.3 is 0 Å². The van der Waals surface area contributed by atoms with Gasteiger partial charge in [-0.25, -0.2) is 14.4 Å². The number of benzene rings is 1. The summed E-state index contributed by atoms with van der Waals surface area (Å²) in [4.78, 5) is 25.5. The van der Waals surface area contributed by atoms with Gasteiger partial charge in [0.1, 0.15) is 22.3 Å². The topological polar surface area (TPSA) is 58.1 Å². The van der Waals surface area contributed by atoms with Crippen molar-refractivity contribution in [3.8, 4) is 0 Å². The normalized spacial score (nSPS) is 11.0. The van der Waals surface area contributed by atoms with E-state index in [1.807, 2.05) is 13.8 Å². The van der Waals surface area contributed by atoms with Gasteiger partial charge in [-0.1, -0.05) is 6.07 Å². The zero-order valence-corrected chi connectivity index (χ0v) is 17.0. The minimum Gasteiger partial charge on any atom is -0.357 e. The molecule has 2 aromatic heterocycles. The molecular formula is C20H23FN4OS. The maximum Gasteiger partial charge on any atom is 0.266 e. The van der Waals surface area contributed by atoms with Crippen LogP contribution >= 0.6 is 11.3 Å². The van der Waals surface area contributed by atoms with Gasteiger partial charge in [0.05, 0.1) is 10.3 Å². The van der Waals surface area contributed by atoms with E-state index in [-0.39, 0.29) is 11.7 Å². The summed E-state index contributed by atoms with van der Waals surface area (Å²) in [5.74, 6) is 0.933. The number of hydrogen-bond acceptors (Lipinski definition) is 5. The van der Waals surface area contributed by atoms with Crippen LogP contribution in [0, 0.1) is 26.6 Å². The number of carbonyl (C=O) groups excluding carboxylic acids is 1. The summed E-state index contributed by atoms with van der Waals surface area (Å²) in [5.41, 5.74) is 1.83. The van der Waals surface area contributed by atoms with Crippen molar-refractivity contribution in [1.29, 1.82) is 0 Å². The number of hydrogen-bond donors (Lipinski definition) is 1. The number of carbonyl (C=O) groups is 1. The van der Waals surface area contributed by atoms with E-state index in [0.29, 0.717) is 22.0 Å². The smallest absolute Gasteiger partial charge is 0.266 e. The molecule has 0 aliphatic carbocycles. The molecule has 0 aliphatic heterocycles. The Bertz CT molecular complexity index is 1010. The Morgan fingerprint density at radius 2 is 1.89 bits per heavy atom. The molecular weight excluding hydrogens is 363 g/mol. The van der Waals surface area contributed by atoms with Crippen LogP contribution in [-0.4, -0.2) is 29.0 Å². The van der Waals surface area contributed by atoms with Gasteiger partial charge in [0.25, 0.3) is 5.91 Å². The average Bonchev–Trinajstić information content (AvgIpc) is 2.95. The van der Waals surface area contributed by atoms with Crippen LogP contribution in [-0.2, 0) is 0 Å². The van der Waals surface area contributed by atoms with Crippen molar-refractivity contribution >= 4 is 39.0 Å². The molecule has 0 spiro atoms. The van der Waals surface area contributed by atoms with Crippen molar-refractivity contribution in [2.24, 2.45) is 0 Å². The van der Waals surface area contributed by atoms with E-state index in [2.05, 4.69) is 34.0 Å². The number of nitrogens with zero attached hydrogens (tertiary/aromatic N) is 3. The van der Waals surface area contributed by atoms with E-state index >= 15 is 0 Å². The fraction of sp³-hybridized carbons (Fsp3) is 0.350. The molecule has 7 heteroatoms. The lowest BCUT2D eigenvalue weighted by molar-refractivity contribution is 0.103. The molecule has 0 saturated heterocycles. The predicted molar refractivity (Wildman–Crippen MR) is 110 cm³/mol.